The van der Waals surface area contributed by atoms with E-state index >= 15 is 0 Å². The Morgan fingerprint density at radius 3 is 2.33 bits per heavy atom. The highest BCUT2D eigenvalue weighted by Crippen LogP contribution is 2.32. The molecule has 1 heterocycles. The molecule has 1 aromatic heterocycles. The van der Waals surface area contributed by atoms with Crippen LogP contribution in [0.2, 0.25) is 0 Å². The second-order valence-corrected chi connectivity index (χ2v) is 4.98. The second kappa shape index (κ2) is 5.85. The molecule has 0 saturated heterocycles. The fourth-order valence-electron chi connectivity index (χ4n) is 2.65. The van der Waals surface area contributed by atoms with Gasteiger partial charge in [0.05, 0.1) is 0 Å². The van der Waals surface area contributed by atoms with Crippen molar-refractivity contribution >= 4 is 5.97 Å². The molecule has 4 heteroatoms. The van der Waals surface area contributed by atoms with E-state index < -0.39 is 5.97 Å². The van der Waals surface area contributed by atoms with Gasteiger partial charge >= 0.3 is 5.97 Å². The number of pyridine rings is 1. The highest BCUT2D eigenvalue weighted by atomic mass is 16.4. The third-order valence-corrected chi connectivity index (χ3v) is 3.67. The molecular formula is C14H19NO3. The van der Waals surface area contributed by atoms with E-state index in [-0.39, 0.29) is 11.4 Å². The first kappa shape index (κ1) is 12.9. The lowest BCUT2D eigenvalue weighted by Crippen LogP contribution is -2.06. The summed E-state index contributed by atoms with van der Waals surface area (Å²) in [7, 11) is 0. The monoisotopic (exact) mass is 249 g/mol. The molecule has 0 radical (unpaired) electrons. The van der Waals surface area contributed by atoms with Crippen LogP contribution in [0.3, 0.4) is 0 Å². The minimum absolute atomic E-state index is 0.220. The van der Waals surface area contributed by atoms with Crippen LogP contribution in [0.4, 0.5) is 0 Å². The summed E-state index contributed by atoms with van der Waals surface area (Å²) in [6.07, 6.45) is 10.1. The Hall–Kier alpha value is -1.58. The zero-order valence-corrected chi connectivity index (χ0v) is 10.4. The van der Waals surface area contributed by atoms with E-state index in [2.05, 4.69) is 4.98 Å². The van der Waals surface area contributed by atoms with Crippen LogP contribution < -0.4 is 0 Å². The van der Waals surface area contributed by atoms with Crippen LogP contribution in [0.15, 0.2) is 12.3 Å². The number of rotatable bonds is 2. The molecule has 0 amide bonds. The number of aromatic carboxylic acids is 1. The average Bonchev–Trinajstić information content (AvgIpc) is 2.27. The molecule has 0 aromatic carbocycles. The number of carboxylic acids is 1. The van der Waals surface area contributed by atoms with E-state index in [0.717, 1.165) is 18.4 Å². The number of carboxylic acid groups (broad SMARTS) is 1. The summed E-state index contributed by atoms with van der Waals surface area (Å²) in [5.41, 5.74) is 0.712. The molecule has 2 N–H and O–H groups in total. The summed E-state index contributed by atoms with van der Waals surface area (Å²) >= 11 is 0. The number of carbonyl (C=O) groups is 1. The molecule has 1 aliphatic rings. The van der Waals surface area contributed by atoms with Crippen molar-refractivity contribution < 1.29 is 15.0 Å². The maximum atomic E-state index is 10.8. The third kappa shape index (κ3) is 3.00. The lowest BCUT2D eigenvalue weighted by Gasteiger charge is -2.20. The molecule has 1 aliphatic carbocycles. The number of aromatic hydroxyl groups is 1. The first-order valence-corrected chi connectivity index (χ1v) is 6.60. The maximum Gasteiger partial charge on any atom is 0.358 e. The Labute approximate surface area is 107 Å². The molecule has 1 fully saturated rings. The molecule has 18 heavy (non-hydrogen) atoms. The van der Waals surface area contributed by atoms with E-state index in [0.29, 0.717) is 5.92 Å². The molecule has 0 unspecified atom stereocenters. The van der Waals surface area contributed by atoms with E-state index in [1.165, 1.54) is 32.1 Å². The van der Waals surface area contributed by atoms with Crippen LogP contribution in [0.5, 0.6) is 5.75 Å². The topological polar surface area (TPSA) is 70.4 Å². The summed E-state index contributed by atoms with van der Waals surface area (Å²) in [5.74, 6) is -0.995. The van der Waals surface area contributed by atoms with E-state index in [1.807, 2.05) is 0 Å². The quantitative estimate of drug-likeness (QED) is 0.843. The maximum absolute atomic E-state index is 10.8. The van der Waals surface area contributed by atoms with E-state index in [9.17, 15) is 9.90 Å². The molecule has 1 saturated carbocycles. The molecule has 0 aliphatic heterocycles. The van der Waals surface area contributed by atoms with Gasteiger partial charge in [-0.25, -0.2) is 9.78 Å². The highest BCUT2D eigenvalue weighted by Gasteiger charge is 2.17. The van der Waals surface area contributed by atoms with Gasteiger partial charge in [0.2, 0.25) is 0 Å². The summed E-state index contributed by atoms with van der Waals surface area (Å²) < 4.78 is 0. The standard InChI is InChI=1S/C14H19NO3/c16-12-8-11(9-15-13(12)14(17)18)10-6-4-2-1-3-5-7-10/h8-10,16H,1-7H2,(H,17,18). The lowest BCUT2D eigenvalue weighted by molar-refractivity contribution is 0.0687. The van der Waals surface area contributed by atoms with Gasteiger partial charge in [-0.05, 0) is 30.4 Å². The predicted octanol–water partition coefficient (Wildman–Crippen LogP) is 3.31. The first-order chi connectivity index (χ1) is 8.68. The predicted molar refractivity (Wildman–Crippen MR) is 67.9 cm³/mol. The molecule has 4 nitrogen and oxygen atoms in total. The van der Waals surface area contributed by atoms with Crippen LogP contribution in [-0.2, 0) is 0 Å². The molecule has 1 aromatic rings. The highest BCUT2D eigenvalue weighted by molar-refractivity contribution is 5.88. The number of hydrogen-bond donors (Lipinski definition) is 2. The number of aromatic nitrogens is 1. The SMILES string of the molecule is O=C(O)c1ncc(C2CCCCCCC2)cc1O. The zero-order valence-electron chi connectivity index (χ0n) is 10.4. The second-order valence-electron chi connectivity index (χ2n) is 4.98. The van der Waals surface area contributed by atoms with Crippen LogP contribution >= 0.6 is 0 Å². The summed E-state index contributed by atoms with van der Waals surface area (Å²) in [6, 6.07) is 1.57. The first-order valence-electron chi connectivity index (χ1n) is 6.60. The number of hydrogen-bond acceptors (Lipinski definition) is 3. The van der Waals surface area contributed by atoms with Crippen molar-refractivity contribution in [3.05, 3.63) is 23.5 Å². The van der Waals surface area contributed by atoms with Crippen LogP contribution in [0.1, 0.15) is 66.9 Å². The van der Waals surface area contributed by atoms with Crippen molar-refractivity contribution in [1.29, 1.82) is 0 Å². The molecule has 0 atom stereocenters. The molecule has 0 bridgehead atoms. The summed E-state index contributed by atoms with van der Waals surface area (Å²) in [6.45, 7) is 0. The fraction of sp³-hybridized carbons (Fsp3) is 0.571. The molecule has 0 spiro atoms. The minimum Gasteiger partial charge on any atom is -0.505 e. The Bertz CT molecular complexity index is 423. The van der Waals surface area contributed by atoms with Gasteiger partial charge in [-0.15, -0.1) is 0 Å². The molecular weight excluding hydrogens is 230 g/mol. The van der Waals surface area contributed by atoms with Crippen molar-refractivity contribution in [2.45, 2.75) is 50.9 Å². The Morgan fingerprint density at radius 1 is 1.17 bits per heavy atom. The number of nitrogens with zero attached hydrogens (tertiary/aromatic N) is 1. The Balaban J connectivity index is 2.16. The Morgan fingerprint density at radius 2 is 1.78 bits per heavy atom. The average molecular weight is 249 g/mol. The Kier molecular flexibility index (Phi) is 4.18. The smallest absolute Gasteiger partial charge is 0.358 e. The van der Waals surface area contributed by atoms with Crippen molar-refractivity contribution in [2.75, 3.05) is 0 Å². The van der Waals surface area contributed by atoms with Gasteiger partial charge < -0.3 is 10.2 Å². The van der Waals surface area contributed by atoms with Gasteiger partial charge in [-0.2, -0.15) is 0 Å². The van der Waals surface area contributed by atoms with E-state index in [1.54, 1.807) is 12.3 Å². The normalized spacial score (nSPS) is 18.0. The van der Waals surface area contributed by atoms with E-state index in [4.69, 9.17) is 5.11 Å². The van der Waals surface area contributed by atoms with Crippen molar-refractivity contribution in [1.82, 2.24) is 4.98 Å². The minimum atomic E-state index is -1.18. The van der Waals surface area contributed by atoms with Gasteiger partial charge in [-0.3, -0.25) is 0 Å². The van der Waals surface area contributed by atoms with Gasteiger partial charge in [0.25, 0.3) is 0 Å². The lowest BCUT2D eigenvalue weighted by atomic mass is 9.86. The van der Waals surface area contributed by atoms with Crippen LogP contribution in [0, 0.1) is 0 Å². The van der Waals surface area contributed by atoms with Gasteiger partial charge in [0.1, 0.15) is 5.75 Å². The zero-order chi connectivity index (χ0) is 13.0. The summed E-state index contributed by atoms with van der Waals surface area (Å²) in [4.78, 5) is 14.6. The van der Waals surface area contributed by atoms with Crippen molar-refractivity contribution in [2.24, 2.45) is 0 Å². The fourth-order valence-corrected chi connectivity index (χ4v) is 2.65. The van der Waals surface area contributed by atoms with Crippen molar-refractivity contribution in [3.63, 3.8) is 0 Å². The largest absolute Gasteiger partial charge is 0.505 e. The van der Waals surface area contributed by atoms with Gasteiger partial charge in [0, 0.05) is 6.20 Å². The summed E-state index contributed by atoms with van der Waals surface area (Å²) in [5, 5.41) is 18.5. The third-order valence-electron chi connectivity index (χ3n) is 3.67. The molecule has 98 valence electrons. The van der Waals surface area contributed by atoms with Crippen LogP contribution in [0.25, 0.3) is 0 Å². The van der Waals surface area contributed by atoms with Gasteiger partial charge in [0.15, 0.2) is 5.69 Å². The van der Waals surface area contributed by atoms with Gasteiger partial charge in [-0.1, -0.05) is 32.1 Å². The van der Waals surface area contributed by atoms with Crippen LogP contribution in [-0.4, -0.2) is 21.2 Å². The van der Waals surface area contributed by atoms with Crippen molar-refractivity contribution in [3.8, 4) is 5.75 Å². The molecule has 2 rings (SSSR count).